The van der Waals surface area contributed by atoms with Crippen LogP contribution in [0.25, 0.3) is 16.7 Å². The van der Waals surface area contributed by atoms with Gasteiger partial charge < -0.3 is 19.4 Å². The molecule has 1 fully saturated rings. The van der Waals surface area contributed by atoms with Crippen molar-refractivity contribution in [3.8, 4) is 5.69 Å². The lowest BCUT2D eigenvalue weighted by molar-refractivity contribution is -0.0570. The maximum absolute atomic E-state index is 13.3. The number of hydrogen-bond donors (Lipinski definition) is 2. The van der Waals surface area contributed by atoms with E-state index in [1.165, 1.54) is 35.6 Å². The van der Waals surface area contributed by atoms with E-state index >= 15 is 0 Å². The van der Waals surface area contributed by atoms with Crippen LogP contribution in [-0.2, 0) is 6.54 Å². The molecule has 1 saturated heterocycles. The zero-order valence-corrected chi connectivity index (χ0v) is 17.8. The summed E-state index contributed by atoms with van der Waals surface area (Å²) in [5.74, 6) is -1.51. The third kappa shape index (κ3) is 3.66. The SMILES string of the molecule is CC1NCCC(O)(Cn2cnc3c(ccn3-c3ccc(F)cc3)c2=O)C1C(=O)c1cnco1. The number of rotatable bonds is 5. The largest absolute Gasteiger partial charge is 0.440 e. The molecule has 0 amide bonds. The van der Waals surface area contributed by atoms with Gasteiger partial charge in [0.1, 0.15) is 12.1 Å². The normalized spacial score (nSPS) is 23.1. The Morgan fingerprint density at radius 2 is 2.12 bits per heavy atom. The van der Waals surface area contributed by atoms with Crippen LogP contribution in [0.5, 0.6) is 0 Å². The van der Waals surface area contributed by atoms with E-state index in [9.17, 15) is 19.1 Å². The second-order valence-electron chi connectivity index (χ2n) is 8.38. The number of carbonyl (C=O) groups is 1. The van der Waals surface area contributed by atoms with Gasteiger partial charge in [-0.1, -0.05) is 0 Å². The third-order valence-corrected chi connectivity index (χ3v) is 6.28. The molecule has 5 rings (SSSR count). The van der Waals surface area contributed by atoms with Gasteiger partial charge in [-0.05, 0) is 50.2 Å². The highest BCUT2D eigenvalue weighted by Gasteiger charge is 2.48. The van der Waals surface area contributed by atoms with Gasteiger partial charge in [0.15, 0.2) is 17.8 Å². The van der Waals surface area contributed by atoms with Gasteiger partial charge in [0.2, 0.25) is 5.78 Å². The second-order valence-corrected chi connectivity index (χ2v) is 8.38. The minimum Gasteiger partial charge on any atom is -0.440 e. The summed E-state index contributed by atoms with van der Waals surface area (Å²) in [5, 5.41) is 15.1. The molecule has 0 bridgehead atoms. The Balaban J connectivity index is 1.51. The zero-order valence-electron chi connectivity index (χ0n) is 17.8. The Morgan fingerprint density at radius 1 is 1.33 bits per heavy atom. The van der Waals surface area contributed by atoms with E-state index in [-0.39, 0.29) is 41.9 Å². The van der Waals surface area contributed by atoms with Gasteiger partial charge in [-0.15, -0.1) is 0 Å². The first-order valence-corrected chi connectivity index (χ1v) is 10.6. The molecule has 3 unspecified atom stereocenters. The predicted molar refractivity (Wildman–Crippen MR) is 117 cm³/mol. The second kappa shape index (κ2) is 8.05. The van der Waals surface area contributed by atoms with Crippen LogP contribution in [0, 0.1) is 11.7 Å². The molecule has 2 N–H and O–H groups in total. The molecule has 1 aliphatic rings. The molecule has 33 heavy (non-hydrogen) atoms. The van der Waals surface area contributed by atoms with E-state index in [0.717, 1.165) is 0 Å². The number of ketones is 1. The number of fused-ring (bicyclic) bond motifs is 1. The molecule has 0 saturated carbocycles. The van der Waals surface area contributed by atoms with Crippen LogP contribution in [0.1, 0.15) is 23.9 Å². The van der Waals surface area contributed by atoms with E-state index in [4.69, 9.17) is 4.42 Å². The molecule has 0 aliphatic carbocycles. The van der Waals surface area contributed by atoms with Crippen molar-refractivity contribution in [1.82, 2.24) is 24.4 Å². The van der Waals surface area contributed by atoms with Gasteiger partial charge in [-0.2, -0.15) is 0 Å². The minimum atomic E-state index is -1.49. The van der Waals surface area contributed by atoms with Crippen molar-refractivity contribution < 1.29 is 18.7 Å². The number of Topliss-reactive ketones (excluding diaryl/α,β-unsaturated/α-hetero) is 1. The van der Waals surface area contributed by atoms with Crippen molar-refractivity contribution in [2.45, 2.75) is 31.5 Å². The van der Waals surface area contributed by atoms with Gasteiger partial charge in [0.25, 0.3) is 5.56 Å². The molecule has 10 heteroatoms. The lowest BCUT2D eigenvalue weighted by atomic mass is 9.74. The van der Waals surface area contributed by atoms with Crippen molar-refractivity contribution in [3.05, 3.63) is 77.4 Å². The summed E-state index contributed by atoms with van der Waals surface area (Å²) in [6, 6.07) is 7.16. The summed E-state index contributed by atoms with van der Waals surface area (Å²) >= 11 is 0. The Morgan fingerprint density at radius 3 is 2.85 bits per heavy atom. The van der Waals surface area contributed by atoms with Gasteiger partial charge >= 0.3 is 0 Å². The Kier molecular flexibility index (Phi) is 5.18. The third-order valence-electron chi connectivity index (χ3n) is 6.28. The number of piperidine rings is 1. The standard InChI is InChI=1S/C23H22FN5O4/c1-14-19(20(30)18-10-25-13-33-18)23(32,7-8-26-14)11-28-12-27-21-17(22(28)31)6-9-29(21)16-4-2-15(24)3-5-16/h2-6,9-10,12-14,19,26,32H,7-8,11H2,1H3. The smallest absolute Gasteiger partial charge is 0.262 e. The minimum absolute atomic E-state index is 0.0614. The molecule has 3 aromatic heterocycles. The summed E-state index contributed by atoms with van der Waals surface area (Å²) in [7, 11) is 0. The summed E-state index contributed by atoms with van der Waals surface area (Å²) in [5.41, 5.74) is -0.749. The molecule has 0 radical (unpaired) electrons. The van der Waals surface area contributed by atoms with Gasteiger partial charge in [-0.3, -0.25) is 14.2 Å². The Hall–Kier alpha value is -3.63. The van der Waals surface area contributed by atoms with Crippen LogP contribution >= 0.6 is 0 Å². The van der Waals surface area contributed by atoms with E-state index in [1.807, 2.05) is 6.92 Å². The first kappa shape index (κ1) is 21.2. The summed E-state index contributed by atoms with van der Waals surface area (Å²) in [6.45, 7) is 2.20. The number of aromatic nitrogens is 4. The average Bonchev–Trinajstić information content (AvgIpc) is 3.47. The van der Waals surface area contributed by atoms with Crippen LogP contribution in [0.3, 0.4) is 0 Å². The van der Waals surface area contributed by atoms with Crippen LogP contribution < -0.4 is 10.9 Å². The fraction of sp³-hybridized carbons (Fsp3) is 0.304. The molecule has 4 aromatic rings. The average molecular weight is 451 g/mol. The van der Waals surface area contributed by atoms with Crippen molar-refractivity contribution in [1.29, 1.82) is 0 Å². The summed E-state index contributed by atoms with van der Waals surface area (Å²) in [4.78, 5) is 34.6. The molecule has 3 atom stereocenters. The molecule has 9 nitrogen and oxygen atoms in total. The molecule has 0 spiro atoms. The Labute approximate surface area is 187 Å². The molecule has 4 heterocycles. The van der Waals surface area contributed by atoms with E-state index in [0.29, 0.717) is 23.3 Å². The van der Waals surface area contributed by atoms with Gasteiger partial charge in [0, 0.05) is 17.9 Å². The highest BCUT2D eigenvalue weighted by Crippen LogP contribution is 2.33. The number of benzene rings is 1. The quantitative estimate of drug-likeness (QED) is 0.446. The van der Waals surface area contributed by atoms with E-state index < -0.39 is 11.5 Å². The van der Waals surface area contributed by atoms with Crippen LogP contribution in [0.4, 0.5) is 4.39 Å². The van der Waals surface area contributed by atoms with Crippen LogP contribution in [0.2, 0.25) is 0 Å². The highest BCUT2D eigenvalue weighted by atomic mass is 19.1. The van der Waals surface area contributed by atoms with Crippen molar-refractivity contribution in [2.75, 3.05) is 6.54 Å². The number of nitrogens with one attached hydrogen (secondary N) is 1. The van der Waals surface area contributed by atoms with Crippen LogP contribution in [-0.4, -0.2) is 48.2 Å². The zero-order chi connectivity index (χ0) is 23.2. The molecular formula is C23H22FN5O4. The monoisotopic (exact) mass is 451 g/mol. The summed E-state index contributed by atoms with van der Waals surface area (Å²) < 4.78 is 21.5. The Bertz CT molecular complexity index is 1360. The number of carbonyl (C=O) groups excluding carboxylic acids is 1. The lowest BCUT2D eigenvalue weighted by Gasteiger charge is -2.43. The van der Waals surface area contributed by atoms with Gasteiger partial charge in [-0.25, -0.2) is 14.4 Å². The van der Waals surface area contributed by atoms with Crippen molar-refractivity contribution >= 4 is 16.8 Å². The topological polar surface area (TPSA) is 115 Å². The maximum atomic E-state index is 13.3. The first-order valence-electron chi connectivity index (χ1n) is 10.6. The first-order chi connectivity index (χ1) is 15.9. The predicted octanol–water partition coefficient (Wildman–Crippen LogP) is 1.93. The number of oxazole rings is 1. The number of aliphatic hydroxyl groups is 1. The maximum Gasteiger partial charge on any atom is 0.262 e. The molecular weight excluding hydrogens is 429 g/mol. The number of hydrogen-bond acceptors (Lipinski definition) is 7. The molecule has 1 aromatic carbocycles. The fourth-order valence-corrected chi connectivity index (χ4v) is 4.67. The highest BCUT2D eigenvalue weighted by molar-refractivity contribution is 5.96. The van der Waals surface area contributed by atoms with E-state index in [1.54, 1.807) is 29.0 Å². The van der Waals surface area contributed by atoms with Crippen molar-refractivity contribution in [3.63, 3.8) is 0 Å². The van der Waals surface area contributed by atoms with Gasteiger partial charge in [0.05, 0.1) is 29.6 Å². The molecule has 170 valence electrons. The fourth-order valence-electron chi connectivity index (χ4n) is 4.67. The van der Waals surface area contributed by atoms with E-state index in [2.05, 4.69) is 15.3 Å². The lowest BCUT2D eigenvalue weighted by Crippen LogP contribution is -2.60. The summed E-state index contributed by atoms with van der Waals surface area (Å²) in [6.07, 6.45) is 5.81. The van der Waals surface area contributed by atoms with Crippen LogP contribution in [0.15, 0.2) is 64.7 Å². The van der Waals surface area contributed by atoms with Crippen molar-refractivity contribution in [2.24, 2.45) is 5.92 Å². The number of nitrogens with zero attached hydrogens (tertiary/aromatic N) is 4. The number of halogens is 1. The molecule has 1 aliphatic heterocycles.